The summed E-state index contributed by atoms with van der Waals surface area (Å²) in [6.45, 7) is 9.86. The second-order valence-corrected chi connectivity index (χ2v) is 6.10. The van der Waals surface area contributed by atoms with Crippen LogP contribution in [0.1, 0.15) is 39.2 Å². The second-order valence-electron chi connectivity index (χ2n) is 4.78. The van der Waals surface area contributed by atoms with Gasteiger partial charge >= 0.3 is 0 Å². The fraction of sp³-hybridized carbons (Fsp3) is 0.571. The Balaban J connectivity index is 2.96. The third-order valence-electron chi connectivity index (χ3n) is 3.15. The van der Waals surface area contributed by atoms with Crippen LogP contribution in [0.2, 0.25) is 5.02 Å². The fourth-order valence-corrected chi connectivity index (χ4v) is 3.14. The van der Waals surface area contributed by atoms with Crippen molar-refractivity contribution in [3.8, 4) is 0 Å². The highest BCUT2D eigenvalue weighted by atomic mass is 79.9. The SMILES string of the molecule is CCNC(C(C)C)C(C)c1ccc(Br)cc1Cl. The molecule has 0 aromatic heterocycles. The summed E-state index contributed by atoms with van der Waals surface area (Å²) in [5.41, 5.74) is 1.22. The maximum absolute atomic E-state index is 6.32. The second kappa shape index (κ2) is 6.77. The summed E-state index contributed by atoms with van der Waals surface area (Å²) in [4.78, 5) is 0. The van der Waals surface area contributed by atoms with Gasteiger partial charge in [-0.05, 0) is 36.1 Å². The molecule has 1 nitrogen and oxygen atoms in total. The monoisotopic (exact) mass is 317 g/mol. The summed E-state index contributed by atoms with van der Waals surface area (Å²) >= 11 is 9.76. The smallest absolute Gasteiger partial charge is 0.0452 e. The van der Waals surface area contributed by atoms with Gasteiger partial charge in [0.2, 0.25) is 0 Å². The molecular formula is C14H21BrClN. The summed E-state index contributed by atoms with van der Waals surface area (Å²) < 4.78 is 1.03. The molecule has 0 radical (unpaired) electrons. The first-order chi connectivity index (χ1) is 7.97. The minimum Gasteiger partial charge on any atom is -0.313 e. The number of nitrogens with one attached hydrogen (secondary N) is 1. The maximum Gasteiger partial charge on any atom is 0.0452 e. The van der Waals surface area contributed by atoms with E-state index in [1.807, 2.05) is 6.07 Å². The normalized spacial score (nSPS) is 15.0. The minimum absolute atomic E-state index is 0.413. The van der Waals surface area contributed by atoms with Crippen molar-refractivity contribution < 1.29 is 0 Å². The molecule has 1 aromatic carbocycles. The summed E-state index contributed by atoms with van der Waals surface area (Å²) in [5, 5.41) is 4.39. The molecule has 0 saturated carbocycles. The fourth-order valence-electron chi connectivity index (χ4n) is 2.29. The number of halogens is 2. The molecule has 0 bridgehead atoms. The Labute approximate surface area is 118 Å². The van der Waals surface area contributed by atoms with Crippen LogP contribution in [-0.4, -0.2) is 12.6 Å². The van der Waals surface area contributed by atoms with Gasteiger partial charge in [0.05, 0.1) is 0 Å². The van der Waals surface area contributed by atoms with E-state index in [0.29, 0.717) is 17.9 Å². The molecule has 0 saturated heterocycles. The van der Waals surface area contributed by atoms with E-state index in [2.05, 4.69) is 61.1 Å². The highest BCUT2D eigenvalue weighted by Gasteiger charge is 2.22. The standard InChI is InChI=1S/C14H21BrClN/c1-5-17-14(9(2)3)10(4)12-7-6-11(15)8-13(12)16/h6-10,14,17H,5H2,1-4H3. The van der Waals surface area contributed by atoms with Crippen LogP contribution < -0.4 is 5.32 Å². The maximum atomic E-state index is 6.32. The molecule has 0 spiro atoms. The van der Waals surface area contributed by atoms with E-state index < -0.39 is 0 Å². The van der Waals surface area contributed by atoms with Crippen LogP contribution in [0.5, 0.6) is 0 Å². The summed E-state index contributed by atoms with van der Waals surface area (Å²) in [6, 6.07) is 6.60. The van der Waals surface area contributed by atoms with Gasteiger partial charge in [0.15, 0.2) is 0 Å². The summed E-state index contributed by atoms with van der Waals surface area (Å²) in [6.07, 6.45) is 0. The Hall–Kier alpha value is -0.0500. The lowest BCUT2D eigenvalue weighted by atomic mass is 9.86. The van der Waals surface area contributed by atoms with E-state index in [0.717, 1.165) is 16.0 Å². The molecular weight excluding hydrogens is 298 g/mol. The molecule has 3 heteroatoms. The van der Waals surface area contributed by atoms with Gasteiger partial charge < -0.3 is 5.32 Å². The van der Waals surface area contributed by atoms with Crippen LogP contribution in [-0.2, 0) is 0 Å². The molecule has 0 aliphatic rings. The molecule has 0 aliphatic carbocycles. The average molecular weight is 319 g/mol. The van der Waals surface area contributed by atoms with Gasteiger partial charge in [0.1, 0.15) is 0 Å². The Bertz CT molecular complexity index is 365. The van der Waals surface area contributed by atoms with Gasteiger partial charge in [-0.3, -0.25) is 0 Å². The molecule has 96 valence electrons. The van der Waals surface area contributed by atoms with Crippen molar-refractivity contribution in [2.24, 2.45) is 5.92 Å². The quantitative estimate of drug-likeness (QED) is 0.819. The molecule has 1 N–H and O–H groups in total. The third-order valence-corrected chi connectivity index (χ3v) is 3.97. The van der Waals surface area contributed by atoms with Crippen molar-refractivity contribution in [3.05, 3.63) is 33.3 Å². The Morgan fingerprint density at radius 1 is 1.29 bits per heavy atom. The third kappa shape index (κ3) is 3.97. The lowest BCUT2D eigenvalue weighted by Gasteiger charge is -2.29. The van der Waals surface area contributed by atoms with Crippen molar-refractivity contribution in [2.45, 2.75) is 39.7 Å². The summed E-state index contributed by atoms with van der Waals surface area (Å²) in [5.74, 6) is 1.00. The van der Waals surface area contributed by atoms with Gasteiger partial charge in [-0.25, -0.2) is 0 Å². The van der Waals surface area contributed by atoms with Crippen LogP contribution in [0.4, 0.5) is 0 Å². The number of benzene rings is 1. The van der Waals surface area contributed by atoms with Crippen LogP contribution in [0, 0.1) is 5.92 Å². The van der Waals surface area contributed by atoms with Crippen LogP contribution in [0.3, 0.4) is 0 Å². The lowest BCUT2D eigenvalue weighted by Crippen LogP contribution is -2.38. The first-order valence-corrected chi connectivity index (χ1v) is 7.32. The molecule has 17 heavy (non-hydrogen) atoms. The number of likely N-dealkylation sites (N-methyl/N-ethyl adjacent to an activating group) is 1. The van der Waals surface area contributed by atoms with E-state index >= 15 is 0 Å². The van der Waals surface area contributed by atoms with E-state index in [4.69, 9.17) is 11.6 Å². The van der Waals surface area contributed by atoms with E-state index in [1.165, 1.54) is 5.56 Å². The van der Waals surface area contributed by atoms with E-state index in [-0.39, 0.29) is 0 Å². The van der Waals surface area contributed by atoms with Gasteiger partial charge in [-0.15, -0.1) is 0 Å². The number of rotatable bonds is 5. The Morgan fingerprint density at radius 2 is 1.94 bits per heavy atom. The van der Waals surface area contributed by atoms with E-state index in [1.54, 1.807) is 0 Å². The van der Waals surface area contributed by atoms with Crippen LogP contribution in [0.25, 0.3) is 0 Å². The Kier molecular flexibility index (Phi) is 5.98. The van der Waals surface area contributed by atoms with Gasteiger partial charge in [-0.2, -0.15) is 0 Å². The zero-order chi connectivity index (χ0) is 13.0. The highest BCUT2D eigenvalue weighted by molar-refractivity contribution is 9.10. The van der Waals surface area contributed by atoms with Crippen molar-refractivity contribution >= 4 is 27.5 Å². The topological polar surface area (TPSA) is 12.0 Å². The lowest BCUT2D eigenvalue weighted by molar-refractivity contribution is 0.360. The van der Waals surface area contributed by atoms with Gasteiger partial charge in [0.25, 0.3) is 0 Å². The Morgan fingerprint density at radius 3 is 2.41 bits per heavy atom. The number of hydrogen-bond donors (Lipinski definition) is 1. The first-order valence-electron chi connectivity index (χ1n) is 6.15. The minimum atomic E-state index is 0.413. The summed E-state index contributed by atoms with van der Waals surface area (Å²) in [7, 11) is 0. The van der Waals surface area contributed by atoms with Crippen molar-refractivity contribution in [2.75, 3.05) is 6.54 Å². The molecule has 2 atom stereocenters. The highest BCUT2D eigenvalue weighted by Crippen LogP contribution is 2.31. The predicted molar refractivity (Wildman–Crippen MR) is 79.9 cm³/mol. The van der Waals surface area contributed by atoms with E-state index in [9.17, 15) is 0 Å². The molecule has 2 unspecified atom stereocenters. The van der Waals surface area contributed by atoms with Crippen LogP contribution >= 0.6 is 27.5 Å². The zero-order valence-electron chi connectivity index (χ0n) is 10.9. The van der Waals surface area contributed by atoms with Crippen molar-refractivity contribution in [1.29, 1.82) is 0 Å². The molecule has 0 aliphatic heterocycles. The van der Waals surface area contributed by atoms with Gasteiger partial charge in [-0.1, -0.05) is 61.3 Å². The molecule has 1 rings (SSSR count). The molecule has 0 amide bonds. The van der Waals surface area contributed by atoms with Gasteiger partial charge in [0, 0.05) is 15.5 Å². The molecule has 0 heterocycles. The van der Waals surface area contributed by atoms with Crippen LogP contribution in [0.15, 0.2) is 22.7 Å². The van der Waals surface area contributed by atoms with Crippen molar-refractivity contribution in [3.63, 3.8) is 0 Å². The predicted octanol–water partition coefficient (Wildman–Crippen LogP) is 4.84. The van der Waals surface area contributed by atoms with Crippen molar-refractivity contribution in [1.82, 2.24) is 5.32 Å². The molecule has 0 fully saturated rings. The molecule has 1 aromatic rings. The largest absolute Gasteiger partial charge is 0.313 e. The number of hydrogen-bond acceptors (Lipinski definition) is 1. The average Bonchev–Trinajstić information content (AvgIpc) is 2.24. The zero-order valence-corrected chi connectivity index (χ0v) is 13.3. The first kappa shape index (κ1) is 15.0.